The quantitative estimate of drug-likeness (QED) is 0.446. The minimum absolute atomic E-state index is 0.189. The van der Waals surface area contributed by atoms with Crippen LogP contribution in [-0.2, 0) is 19.1 Å². The van der Waals surface area contributed by atoms with Crippen molar-refractivity contribution in [2.24, 2.45) is 17.3 Å². The summed E-state index contributed by atoms with van der Waals surface area (Å²) in [6.45, 7) is 3.18. The first-order valence-corrected chi connectivity index (χ1v) is 5.45. The van der Waals surface area contributed by atoms with Crippen LogP contribution >= 0.6 is 0 Å². The number of hydrogen-bond acceptors (Lipinski definition) is 4. The maximum atomic E-state index is 11.9. The zero-order valence-electron chi connectivity index (χ0n) is 8.91. The minimum Gasteiger partial charge on any atom is -0.422 e. The second kappa shape index (κ2) is 2.36. The molecule has 0 aromatic heterocycles. The molecule has 1 aliphatic heterocycles. The van der Waals surface area contributed by atoms with Crippen LogP contribution in [0, 0.1) is 17.3 Å². The molecule has 2 atom stereocenters. The van der Waals surface area contributed by atoms with E-state index in [0.717, 1.165) is 19.3 Å². The maximum absolute atomic E-state index is 11.9. The van der Waals surface area contributed by atoms with Gasteiger partial charge in [-0.25, -0.2) is 0 Å². The predicted octanol–water partition coefficient (Wildman–Crippen LogP) is 1.24. The van der Waals surface area contributed by atoms with Crippen molar-refractivity contribution in [2.45, 2.75) is 38.9 Å². The zero-order chi connectivity index (χ0) is 10.8. The van der Waals surface area contributed by atoms with Gasteiger partial charge in [-0.2, -0.15) is 0 Å². The lowest BCUT2D eigenvalue weighted by molar-refractivity contribution is -0.245. The average Bonchev–Trinajstić information content (AvgIpc) is 2.50. The van der Waals surface area contributed by atoms with E-state index in [1.807, 2.05) is 0 Å². The van der Waals surface area contributed by atoms with Gasteiger partial charge in [0.1, 0.15) is 0 Å². The highest BCUT2D eigenvalue weighted by Gasteiger charge is 2.79. The summed E-state index contributed by atoms with van der Waals surface area (Å²) in [5.41, 5.74) is -0.909. The molecule has 0 aromatic carbocycles. The molecule has 1 saturated heterocycles. The molecule has 4 nitrogen and oxygen atoms in total. The highest BCUT2D eigenvalue weighted by atomic mass is 16.7. The third kappa shape index (κ3) is 0.924. The number of fused-ring (bicyclic) bond motifs is 3. The van der Waals surface area contributed by atoms with Gasteiger partial charge < -0.3 is 9.47 Å². The standard InChI is InChI=1S/C11H14O4/c1-10(2)14-8(12)11(9(13)15-10)6-4-3-5-7(6)11/h6-7H,3-5H2,1-2H3/t6-,7+. The molecule has 3 rings (SSSR count). The van der Waals surface area contributed by atoms with E-state index in [2.05, 4.69) is 0 Å². The van der Waals surface area contributed by atoms with E-state index in [4.69, 9.17) is 9.47 Å². The van der Waals surface area contributed by atoms with Crippen LogP contribution in [0.2, 0.25) is 0 Å². The van der Waals surface area contributed by atoms with Crippen molar-refractivity contribution in [1.29, 1.82) is 0 Å². The Morgan fingerprint density at radius 2 is 1.53 bits per heavy atom. The Morgan fingerprint density at radius 3 is 2.00 bits per heavy atom. The monoisotopic (exact) mass is 210 g/mol. The lowest BCUT2D eigenvalue weighted by Crippen LogP contribution is -2.49. The van der Waals surface area contributed by atoms with Gasteiger partial charge in [-0.1, -0.05) is 6.42 Å². The molecule has 0 bridgehead atoms. The molecule has 0 aromatic rings. The van der Waals surface area contributed by atoms with E-state index >= 15 is 0 Å². The van der Waals surface area contributed by atoms with E-state index in [-0.39, 0.29) is 23.8 Å². The van der Waals surface area contributed by atoms with Gasteiger partial charge >= 0.3 is 11.9 Å². The van der Waals surface area contributed by atoms with Crippen LogP contribution in [0.4, 0.5) is 0 Å². The number of ether oxygens (including phenoxy) is 2. The molecule has 3 aliphatic rings. The van der Waals surface area contributed by atoms with Crippen LogP contribution in [0.25, 0.3) is 0 Å². The lowest BCUT2D eigenvalue weighted by Gasteiger charge is -2.34. The molecular formula is C11H14O4. The van der Waals surface area contributed by atoms with Gasteiger partial charge in [-0.3, -0.25) is 9.59 Å². The van der Waals surface area contributed by atoms with Gasteiger partial charge in [-0.15, -0.1) is 0 Å². The van der Waals surface area contributed by atoms with Crippen LogP contribution in [0.1, 0.15) is 33.1 Å². The van der Waals surface area contributed by atoms with E-state index in [1.54, 1.807) is 13.8 Å². The fourth-order valence-corrected chi connectivity index (χ4v) is 3.28. The van der Waals surface area contributed by atoms with Crippen LogP contribution in [0.3, 0.4) is 0 Å². The molecule has 2 saturated carbocycles. The fraction of sp³-hybridized carbons (Fsp3) is 0.818. The van der Waals surface area contributed by atoms with Crippen LogP contribution in [0.5, 0.6) is 0 Å². The maximum Gasteiger partial charge on any atom is 0.327 e. The smallest absolute Gasteiger partial charge is 0.327 e. The molecule has 82 valence electrons. The lowest BCUT2D eigenvalue weighted by atomic mass is 9.94. The van der Waals surface area contributed by atoms with E-state index in [1.165, 1.54) is 0 Å². The summed E-state index contributed by atoms with van der Waals surface area (Å²) in [6, 6.07) is 0. The Bertz CT molecular complexity index is 326. The Hall–Kier alpha value is -1.06. The predicted molar refractivity (Wildman–Crippen MR) is 49.5 cm³/mol. The fourth-order valence-electron chi connectivity index (χ4n) is 3.28. The van der Waals surface area contributed by atoms with Crippen molar-refractivity contribution in [3.63, 3.8) is 0 Å². The Labute approximate surface area is 87.9 Å². The highest BCUT2D eigenvalue weighted by molar-refractivity contribution is 6.06. The molecule has 1 spiro atoms. The molecule has 4 heteroatoms. The molecular weight excluding hydrogens is 196 g/mol. The van der Waals surface area contributed by atoms with Gasteiger partial charge in [0, 0.05) is 13.8 Å². The van der Waals surface area contributed by atoms with Gasteiger partial charge in [-0.05, 0) is 24.7 Å². The van der Waals surface area contributed by atoms with Crippen molar-refractivity contribution in [1.82, 2.24) is 0 Å². The molecule has 2 aliphatic carbocycles. The van der Waals surface area contributed by atoms with Crippen molar-refractivity contribution in [3.8, 4) is 0 Å². The Balaban J connectivity index is 1.93. The summed E-state index contributed by atoms with van der Waals surface area (Å²) >= 11 is 0. The molecule has 0 unspecified atom stereocenters. The summed E-state index contributed by atoms with van der Waals surface area (Å²) in [5.74, 6) is -1.44. The van der Waals surface area contributed by atoms with Gasteiger partial charge in [0.25, 0.3) is 5.79 Å². The second-order valence-electron chi connectivity index (χ2n) is 5.19. The number of esters is 2. The van der Waals surface area contributed by atoms with E-state index in [0.29, 0.717) is 0 Å². The largest absolute Gasteiger partial charge is 0.422 e. The zero-order valence-corrected chi connectivity index (χ0v) is 8.91. The van der Waals surface area contributed by atoms with Crippen molar-refractivity contribution < 1.29 is 19.1 Å². The third-order valence-corrected chi connectivity index (χ3v) is 3.93. The first kappa shape index (κ1) is 9.19. The summed E-state index contributed by atoms with van der Waals surface area (Å²) in [7, 11) is 0. The number of carbonyl (C=O) groups is 2. The SMILES string of the molecule is CC1(C)OC(=O)C2(C(=O)O1)[C@@H]1CCC[C@@H]12. The van der Waals surface area contributed by atoms with Crippen molar-refractivity contribution >= 4 is 11.9 Å². The molecule has 1 heterocycles. The Kier molecular flexibility index (Phi) is 1.45. The van der Waals surface area contributed by atoms with Gasteiger partial charge in [0.15, 0.2) is 5.41 Å². The minimum atomic E-state index is -1.09. The first-order chi connectivity index (χ1) is 6.98. The molecule has 0 amide bonds. The van der Waals surface area contributed by atoms with Crippen molar-refractivity contribution in [2.75, 3.05) is 0 Å². The number of rotatable bonds is 0. The summed E-state index contributed by atoms with van der Waals surface area (Å²) in [6.07, 6.45) is 3.02. The molecule has 15 heavy (non-hydrogen) atoms. The van der Waals surface area contributed by atoms with Crippen molar-refractivity contribution in [3.05, 3.63) is 0 Å². The Morgan fingerprint density at radius 1 is 1.07 bits per heavy atom. The molecule has 3 fully saturated rings. The second-order valence-corrected chi connectivity index (χ2v) is 5.19. The van der Waals surface area contributed by atoms with Crippen LogP contribution in [-0.4, -0.2) is 17.7 Å². The summed E-state index contributed by atoms with van der Waals surface area (Å²) in [4.78, 5) is 23.8. The molecule has 0 radical (unpaired) electrons. The summed E-state index contributed by atoms with van der Waals surface area (Å²) in [5, 5.41) is 0. The highest BCUT2D eigenvalue weighted by Crippen LogP contribution is 2.69. The van der Waals surface area contributed by atoms with Crippen LogP contribution < -0.4 is 0 Å². The van der Waals surface area contributed by atoms with E-state index < -0.39 is 11.2 Å². The summed E-state index contributed by atoms with van der Waals surface area (Å²) < 4.78 is 10.4. The van der Waals surface area contributed by atoms with Gasteiger partial charge in [0.2, 0.25) is 0 Å². The number of cyclic esters (lactones) is 2. The first-order valence-electron chi connectivity index (χ1n) is 5.45. The number of carbonyl (C=O) groups excluding carboxylic acids is 2. The topological polar surface area (TPSA) is 52.6 Å². The molecule has 0 N–H and O–H groups in total. The average molecular weight is 210 g/mol. The van der Waals surface area contributed by atoms with Gasteiger partial charge in [0.05, 0.1) is 0 Å². The van der Waals surface area contributed by atoms with E-state index in [9.17, 15) is 9.59 Å². The number of hydrogen-bond donors (Lipinski definition) is 0. The third-order valence-electron chi connectivity index (χ3n) is 3.93. The van der Waals surface area contributed by atoms with Crippen LogP contribution in [0.15, 0.2) is 0 Å². The normalized spacial score (nSPS) is 39.6.